The van der Waals surface area contributed by atoms with Crippen LogP contribution in [0.15, 0.2) is 24.3 Å². The summed E-state index contributed by atoms with van der Waals surface area (Å²) in [6.45, 7) is 0. The Hall–Kier alpha value is 0.141. The minimum Gasteiger partial charge on any atom is -0.418 e. The van der Waals surface area contributed by atoms with E-state index in [-0.39, 0.29) is 57.2 Å². The first kappa shape index (κ1) is 31.0. The first-order chi connectivity index (χ1) is 9.39. The summed E-state index contributed by atoms with van der Waals surface area (Å²) >= 11 is 0. The molecule has 0 aliphatic rings. The second-order valence-electron chi connectivity index (χ2n) is 2.70. The van der Waals surface area contributed by atoms with Gasteiger partial charge in [0, 0.05) is 5.82 Å². The zero-order valence-corrected chi connectivity index (χ0v) is 14.1. The zero-order valence-electron chi connectivity index (χ0n) is 11.0. The van der Waals surface area contributed by atoms with Crippen LogP contribution in [0.2, 0.25) is 0 Å². The van der Waals surface area contributed by atoms with E-state index in [2.05, 4.69) is 6.07 Å². The zero-order chi connectivity index (χ0) is 18.6. The van der Waals surface area contributed by atoms with Crippen LogP contribution in [0.4, 0.5) is 56.2 Å². The third-order valence-corrected chi connectivity index (χ3v) is 0.678. The molecule has 1 aromatic carbocycles. The molecule has 0 saturated heterocycles. The fraction of sp³-hybridized carbons (Fsp3) is 0. The Morgan fingerprint density at radius 1 is 0.565 bits per heavy atom. The van der Waals surface area contributed by atoms with Gasteiger partial charge in [0.2, 0.25) is 0 Å². The molecular weight excluding hydrogens is 391 g/mol. The predicted molar refractivity (Wildman–Crippen MR) is 55.8 cm³/mol. The maximum absolute atomic E-state index is 11.9. The van der Waals surface area contributed by atoms with Crippen LogP contribution in [-0.4, -0.2) is 21.8 Å². The van der Waals surface area contributed by atoms with E-state index in [0.717, 1.165) is 0 Å². The quantitative estimate of drug-likeness (QED) is 0.360. The third kappa shape index (κ3) is 136. The summed E-state index contributed by atoms with van der Waals surface area (Å²) in [6, 6.07) is 8.49. The van der Waals surface area contributed by atoms with Crippen LogP contribution in [0, 0.1) is 11.9 Å². The van der Waals surface area contributed by atoms with Gasteiger partial charge in [-0.25, -0.2) is 4.39 Å². The van der Waals surface area contributed by atoms with Crippen molar-refractivity contribution in [2.75, 3.05) is 0 Å². The summed E-state index contributed by atoms with van der Waals surface area (Å²) in [7, 11) is -18.0. The van der Waals surface area contributed by atoms with Crippen molar-refractivity contribution < 1.29 is 108 Å². The van der Waals surface area contributed by atoms with Crippen molar-refractivity contribution in [1.29, 1.82) is 0 Å². The molecule has 23 heavy (non-hydrogen) atoms. The molecule has 0 amide bonds. The smallest absolute Gasteiger partial charge is 0.418 e. The average Bonchev–Trinajstić information content (AvgIpc) is 2.09. The summed E-state index contributed by atoms with van der Waals surface area (Å²) in [5.74, 6) is -0.209. The Morgan fingerprint density at radius 3 is 0.826 bits per heavy atom. The average molecular weight is 395 g/mol. The van der Waals surface area contributed by atoms with Gasteiger partial charge in [0.25, 0.3) is 0 Å². The molecule has 0 nitrogen and oxygen atoms in total. The van der Waals surface area contributed by atoms with Crippen LogP contribution in [0.3, 0.4) is 0 Å². The minimum absolute atomic E-state index is 0. The van der Waals surface area contributed by atoms with Gasteiger partial charge < -0.3 is 51.8 Å². The van der Waals surface area contributed by atoms with Crippen molar-refractivity contribution in [1.82, 2.24) is 0 Å². The molecule has 0 heterocycles. The Bertz CT molecular complexity index is 314. The summed E-state index contributed by atoms with van der Waals surface area (Å²) < 4.78 is 129. The van der Waals surface area contributed by atoms with E-state index in [1.165, 1.54) is 24.3 Å². The molecule has 0 fully saturated rings. The number of benzene rings is 1. The molecule has 0 aliphatic carbocycles. The SMILES string of the molecule is F[B-](F)(F)F.F[B-](F)(F)F.F[B-](F)(F)F.Fc1cc[c-]cc1.[K+]. The van der Waals surface area contributed by atoms with Gasteiger partial charge in [-0.15, -0.1) is 12.1 Å². The molecule has 0 atom stereocenters. The van der Waals surface area contributed by atoms with Crippen LogP contribution >= 0.6 is 0 Å². The van der Waals surface area contributed by atoms with E-state index in [9.17, 15) is 56.2 Å². The van der Waals surface area contributed by atoms with Crippen LogP contribution < -0.4 is 51.4 Å². The van der Waals surface area contributed by atoms with Crippen molar-refractivity contribution in [3.05, 3.63) is 36.1 Å². The fourth-order valence-electron chi connectivity index (χ4n) is 0.367. The largest absolute Gasteiger partial charge is 1.00 e. The standard InChI is InChI=1S/C6H4F.3BF4.K/c7-6-4-2-1-3-5-6;3*2-1(3,4)5;/h2-5H;;;;/q4*-1;+1. The van der Waals surface area contributed by atoms with E-state index in [1.807, 2.05) is 0 Å². The first-order valence-corrected chi connectivity index (χ1v) is 4.63. The molecule has 0 N–H and O–H groups in total. The Balaban J connectivity index is -0.000000105. The molecule has 1 aromatic rings. The molecule has 132 valence electrons. The van der Waals surface area contributed by atoms with Gasteiger partial charge >= 0.3 is 73.1 Å². The van der Waals surface area contributed by atoms with Gasteiger partial charge in [-0.2, -0.15) is 18.2 Å². The van der Waals surface area contributed by atoms with E-state index in [1.54, 1.807) is 0 Å². The van der Waals surface area contributed by atoms with Crippen molar-refractivity contribution in [3.63, 3.8) is 0 Å². The van der Waals surface area contributed by atoms with Crippen molar-refractivity contribution in [3.8, 4) is 0 Å². The van der Waals surface area contributed by atoms with Crippen LogP contribution in [0.5, 0.6) is 0 Å². The van der Waals surface area contributed by atoms with Gasteiger partial charge in [-0.05, 0) is 0 Å². The topological polar surface area (TPSA) is 0 Å². The van der Waals surface area contributed by atoms with E-state index in [0.29, 0.717) is 0 Å². The van der Waals surface area contributed by atoms with Gasteiger partial charge in [-0.1, -0.05) is 0 Å². The number of hydrogen-bond donors (Lipinski definition) is 0. The van der Waals surface area contributed by atoms with Crippen molar-refractivity contribution in [2.24, 2.45) is 0 Å². The first-order valence-electron chi connectivity index (χ1n) is 4.63. The number of halogens is 13. The second-order valence-corrected chi connectivity index (χ2v) is 2.70. The third-order valence-electron chi connectivity index (χ3n) is 0.678. The molecule has 0 bridgehead atoms. The normalized spacial score (nSPS) is 10.5. The molecule has 0 spiro atoms. The maximum Gasteiger partial charge on any atom is 1.00 e. The predicted octanol–water partition coefficient (Wildman–Crippen LogP) is 2.53. The van der Waals surface area contributed by atoms with Gasteiger partial charge in [0.15, 0.2) is 0 Å². The fourth-order valence-corrected chi connectivity index (χ4v) is 0.367. The van der Waals surface area contributed by atoms with Gasteiger partial charge in [-0.3, -0.25) is 0 Å². The summed E-state index contributed by atoms with van der Waals surface area (Å²) in [6.07, 6.45) is 0. The Morgan fingerprint density at radius 2 is 0.739 bits per heavy atom. The summed E-state index contributed by atoms with van der Waals surface area (Å²) in [4.78, 5) is 0. The van der Waals surface area contributed by atoms with Crippen LogP contribution in [-0.2, 0) is 0 Å². The number of hydrogen-bond acceptors (Lipinski definition) is 0. The van der Waals surface area contributed by atoms with Crippen molar-refractivity contribution in [2.45, 2.75) is 0 Å². The molecule has 0 unspecified atom stereocenters. The molecular formula is C6H4B3F13K-3. The number of rotatable bonds is 0. The van der Waals surface area contributed by atoms with Gasteiger partial charge in [0.1, 0.15) is 0 Å². The molecule has 17 heteroatoms. The van der Waals surface area contributed by atoms with E-state index in [4.69, 9.17) is 0 Å². The van der Waals surface area contributed by atoms with Crippen molar-refractivity contribution >= 4 is 21.8 Å². The van der Waals surface area contributed by atoms with Gasteiger partial charge in [0.05, 0.1) is 0 Å². The summed E-state index contributed by atoms with van der Waals surface area (Å²) in [5.41, 5.74) is 0. The monoisotopic (exact) mass is 395 g/mol. The Labute approximate surface area is 164 Å². The summed E-state index contributed by atoms with van der Waals surface area (Å²) in [5, 5.41) is 0. The molecule has 0 aliphatic heterocycles. The van der Waals surface area contributed by atoms with E-state index < -0.39 is 21.8 Å². The second kappa shape index (κ2) is 14.5. The van der Waals surface area contributed by atoms with Crippen LogP contribution in [0.1, 0.15) is 0 Å². The molecule has 0 saturated carbocycles. The van der Waals surface area contributed by atoms with Crippen LogP contribution in [0.25, 0.3) is 0 Å². The molecule has 1 rings (SSSR count). The maximum atomic E-state index is 11.9. The molecule has 0 radical (unpaired) electrons. The Kier molecular flexibility index (Phi) is 19.5. The van der Waals surface area contributed by atoms with E-state index >= 15 is 0 Å². The molecule has 0 aromatic heterocycles. The minimum atomic E-state index is -6.00.